The average Bonchev–Trinajstić information content (AvgIpc) is 2.32. The van der Waals surface area contributed by atoms with Crippen LogP contribution in [0.3, 0.4) is 0 Å². The van der Waals surface area contributed by atoms with Crippen LogP contribution in [0.4, 0.5) is 0 Å². The molecule has 0 aliphatic carbocycles. The second-order valence-electron chi connectivity index (χ2n) is 2.24. The summed E-state index contributed by atoms with van der Waals surface area (Å²) in [6, 6.07) is 1.88. The number of thiol groups is 1. The smallest absolute Gasteiger partial charge is 0.255 e. The van der Waals surface area contributed by atoms with Gasteiger partial charge in [0.05, 0.1) is 0 Å². The Labute approximate surface area is 68.7 Å². The molecular formula is C6H6N4S. The molecule has 0 saturated carbocycles. The maximum absolute atomic E-state index is 4.14. The van der Waals surface area contributed by atoms with Crippen LogP contribution in [0, 0.1) is 6.92 Å². The number of aryl methyl sites for hydroxylation is 1. The van der Waals surface area contributed by atoms with Crippen LogP contribution < -0.4 is 0 Å². The number of rotatable bonds is 0. The van der Waals surface area contributed by atoms with E-state index in [0.29, 0.717) is 10.9 Å². The molecule has 2 heterocycles. The van der Waals surface area contributed by atoms with E-state index in [9.17, 15) is 0 Å². The van der Waals surface area contributed by atoms with Crippen LogP contribution in [-0.4, -0.2) is 19.6 Å². The molecule has 0 amide bonds. The second kappa shape index (κ2) is 2.20. The minimum atomic E-state index is 0.563. The van der Waals surface area contributed by atoms with Gasteiger partial charge in [-0.2, -0.15) is 0 Å². The van der Waals surface area contributed by atoms with Crippen LogP contribution in [-0.2, 0) is 0 Å². The third-order valence-corrected chi connectivity index (χ3v) is 1.71. The number of aromatic nitrogens is 4. The first-order valence-electron chi connectivity index (χ1n) is 3.15. The van der Waals surface area contributed by atoms with Crippen LogP contribution >= 0.6 is 12.6 Å². The van der Waals surface area contributed by atoms with E-state index < -0.39 is 0 Å². The van der Waals surface area contributed by atoms with E-state index in [4.69, 9.17) is 0 Å². The fourth-order valence-electron chi connectivity index (χ4n) is 0.862. The lowest BCUT2D eigenvalue weighted by molar-refractivity contribution is 0.922. The Morgan fingerprint density at radius 2 is 2.27 bits per heavy atom. The number of fused-ring (bicyclic) bond motifs is 1. The van der Waals surface area contributed by atoms with Crippen LogP contribution in [0.2, 0.25) is 0 Å². The lowest BCUT2D eigenvalue weighted by Gasteiger charge is -1.92. The van der Waals surface area contributed by atoms with Crippen molar-refractivity contribution in [3.8, 4) is 0 Å². The van der Waals surface area contributed by atoms with E-state index in [1.165, 1.54) is 0 Å². The third-order valence-electron chi connectivity index (χ3n) is 1.40. The molecule has 56 valence electrons. The summed E-state index contributed by atoms with van der Waals surface area (Å²) in [5.74, 6) is 0.593. The Morgan fingerprint density at radius 1 is 1.45 bits per heavy atom. The molecule has 0 spiro atoms. The van der Waals surface area contributed by atoms with E-state index >= 15 is 0 Å². The SMILES string of the molecule is Cc1ccn2c(S)nnc2n1. The van der Waals surface area contributed by atoms with Gasteiger partial charge in [0.2, 0.25) is 0 Å². The largest absolute Gasteiger partial charge is 0.262 e. The van der Waals surface area contributed by atoms with Gasteiger partial charge in [-0.25, -0.2) is 4.98 Å². The van der Waals surface area contributed by atoms with Crippen molar-refractivity contribution in [2.75, 3.05) is 0 Å². The van der Waals surface area contributed by atoms with Crippen LogP contribution in [0.5, 0.6) is 0 Å². The normalized spacial score (nSPS) is 10.7. The zero-order valence-electron chi connectivity index (χ0n) is 5.89. The maximum Gasteiger partial charge on any atom is 0.255 e. The zero-order valence-corrected chi connectivity index (χ0v) is 6.79. The summed E-state index contributed by atoms with van der Waals surface area (Å²) >= 11 is 4.09. The predicted octanol–water partition coefficient (Wildman–Crippen LogP) is 0.721. The molecule has 0 radical (unpaired) electrons. The molecule has 0 saturated heterocycles. The van der Waals surface area contributed by atoms with E-state index in [1.54, 1.807) is 4.40 Å². The molecule has 5 heteroatoms. The zero-order chi connectivity index (χ0) is 7.84. The molecule has 0 aliphatic rings. The molecule has 2 aromatic rings. The number of hydrogen-bond donors (Lipinski definition) is 1. The topological polar surface area (TPSA) is 43.1 Å². The summed E-state index contributed by atoms with van der Waals surface area (Å²) in [4.78, 5) is 4.14. The van der Waals surface area contributed by atoms with Gasteiger partial charge in [0.25, 0.3) is 5.78 Å². The summed E-state index contributed by atoms with van der Waals surface area (Å²) in [5, 5.41) is 8.12. The molecule has 0 unspecified atom stereocenters. The minimum Gasteiger partial charge on any atom is -0.262 e. The number of hydrogen-bond acceptors (Lipinski definition) is 4. The molecule has 2 rings (SSSR count). The monoisotopic (exact) mass is 166 g/mol. The Bertz CT molecular complexity index is 394. The summed E-state index contributed by atoms with van der Waals surface area (Å²) in [5.41, 5.74) is 0.929. The molecular weight excluding hydrogens is 160 g/mol. The Balaban J connectivity index is 2.86. The van der Waals surface area contributed by atoms with E-state index in [2.05, 4.69) is 27.8 Å². The van der Waals surface area contributed by atoms with E-state index in [1.807, 2.05) is 19.2 Å². The summed E-state index contributed by atoms with van der Waals surface area (Å²) in [6.07, 6.45) is 1.85. The average molecular weight is 166 g/mol. The summed E-state index contributed by atoms with van der Waals surface area (Å²) in [7, 11) is 0. The molecule has 11 heavy (non-hydrogen) atoms. The van der Waals surface area contributed by atoms with Gasteiger partial charge in [-0.15, -0.1) is 22.8 Å². The number of nitrogens with zero attached hydrogens (tertiary/aromatic N) is 4. The highest BCUT2D eigenvalue weighted by molar-refractivity contribution is 7.80. The summed E-state index contributed by atoms with van der Waals surface area (Å²) < 4.78 is 1.72. The molecule has 2 aromatic heterocycles. The lowest BCUT2D eigenvalue weighted by Crippen LogP contribution is -1.89. The molecule has 0 N–H and O–H groups in total. The van der Waals surface area contributed by atoms with Crippen molar-refractivity contribution >= 4 is 18.4 Å². The van der Waals surface area contributed by atoms with Crippen LogP contribution in [0.15, 0.2) is 17.4 Å². The lowest BCUT2D eigenvalue weighted by atomic mass is 10.5. The van der Waals surface area contributed by atoms with Crippen molar-refractivity contribution in [2.45, 2.75) is 12.1 Å². The highest BCUT2D eigenvalue weighted by Gasteiger charge is 2.00. The Morgan fingerprint density at radius 3 is 3.09 bits per heavy atom. The van der Waals surface area contributed by atoms with Gasteiger partial charge >= 0.3 is 0 Å². The first-order valence-corrected chi connectivity index (χ1v) is 3.59. The van der Waals surface area contributed by atoms with Crippen molar-refractivity contribution in [3.63, 3.8) is 0 Å². The van der Waals surface area contributed by atoms with Crippen LogP contribution in [0.1, 0.15) is 5.69 Å². The molecule has 4 nitrogen and oxygen atoms in total. The van der Waals surface area contributed by atoms with Gasteiger partial charge in [-0.05, 0) is 13.0 Å². The first-order chi connectivity index (χ1) is 5.27. The summed E-state index contributed by atoms with van der Waals surface area (Å²) in [6.45, 7) is 1.91. The maximum atomic E-state index is 4.14. The van der Waals surface area contributed by atoms with E-state index in [-0.39, 0.29) is 0 Å². The molecule has 0 atom stereocenters. The Kier molecular flexibility index (Phi) is 1.32. The van der Waals surface area contributed by atoms with Crippen molar-refractivity contribution in [2.24, 2.45) is 0 Å². The van der Waals surface area contributed by atoms with Gasteiger partial charge < -0.3 is 0 Å². The fraction of sp³-hybridized carbons (Fsp3) is 0.167. The van der Waals surface area contributed by atoms with Gasteiger partial charge in [-0.3, -0.25) is 4.40 Å². The molecule has 0 aliphatic heterocycles. The predicted molar refractivity (Wildman–Crippen MR) is 42.8 cm³/mol. The van der Waals surface area contributed by atoms with Gasteiger partial charge in [0.1, 0.15) is 0 Å². The standard InChI is InChI=1S/C6H6N4S/c1-4-2-3-10-5(7-4)8-9-6(10)11/h2-3H,1H3,(H,9,11). The minimum absolute atomic E-state index is 0.563. The fourth-order valence-corrected chi connectivity index (χ4v) is 1.06. The third kappa shape index (κ3) is 0.970. The van der Waals surface area contributed by atoms with Crippen LogP contribution in [0.25, 0.3) is 5.78 Å². The van der Waals surface area contributed by atoms with Crippen molar-refractivity contribution in [1.29, 1.82) is 0 Å². The van der Waals surface area contributed by atoms with Crippen molar-refractivity contribution in [1.82, 2.24) is 19.6 Å². The molecule has 0 aromatic carbocycles. The van der Waals surface area contributed by atoms with E-state index in [0.717, 1.165) is 5.69 Å². The first kappa shape index (κ1) is 6.60. The molecule has 0 fully saturated rings. The van der Waals surface area contributed by atoms with Gasteiger partial charge in [0, 0.05) is 11.9 Å². The van der Waals surface area contributed by atoms with Crippen molar-refractivity contribution in [3.05, 3.63) is 18.0 Å². The van der Waals surface area contributed by atoms with Gasteiger partial charge in [-0.1, -0.05) is 0 Å². The van der Waals surface area contributed by atoms with Gasteiger partial charge in [0.15, 0.2) is 5.16 Å². The molecule has 0 bridgehead atoms. The second-order valence-corrected chi connectivity index (χ2v) is 2.64. The highest BCUT2D eigenvalue weighted by atomic mass is 32.1. The van der Waals surface area contributed by atoms with Crippen molar-refractivity contribution < 1.29 is 0 Å². The quantitative estimate of drug-likeness (QED) is 0.586. The Hall–Kier alpha value is -1.10. The highest BCUT2D eigenvalue weighted by Crippen LogP contribution is 2.04.